The van der Waals surface area contributed by atoms with Crippen molar-refractivity contribution >= 4 is 5.97 Å². The molecule has 2 rings (SSSR count). The van der Waals surface area contributed by atoms with Crippen LogP contribution in [0.2, 0.25) is 0 Å². The smallest absolute Gasteiger partial charge is 0.321 e. The Balaban J connectivity index is 2.11. The summed E-state index contributed by atoms with van der Waals surface area (Å²) in [4.78, 5) is 15.9. The zero-order valence-electron chi connectivity index (χ0n) is 12.6. The van der Waals surface area contributed by atoms with E-state index in [-0.39, 0.29) is 0 Å². The molecule has 1 heterocycles. The van der Waals surface area contributed by atoms with Gasteiger partial charge >= 0.3 is 5.97 Å². The van der Waals surface area contributed by atoms with Gasteiger partial charge in [0.25, 0.3) is 0 Å². The molecule has 1 saturated heterocycles. The zero-order valence-corrected chi connectivity index (χ0v) is 12.6. The largest absolute Gasteiger partial charge is 0.480 e. The van der Waals surface area contributed by atoms with Crippen molar-refractivity contribution in [3.63, 3.8) is 0 Å². The van der Waals surface area contributed by atoms with Crippen molar-refractivity contribution < 1.29 is 9.90 Å². The Morgan fingerprint density at radius 1 is 1.15 bits per heavy atom. The number of piperazine rings is 1. The molecule has 1 aliphatic heterocycles. The van der Waals surface area contributed by atoms with Crippen molar-refractivity contribution in [1.82, 2.24) is 9.80 Å². The minimum absolute atomic E-state index is 0.412. The van der Waals surface area contributed by atoms with E-state index in [0.717, 1.165) is 31.7 Å². The van der Waals surface area contributed by atoms with Gasteiger partial charge in [-0.05, 0) is 32.9 Å². The molecule has 0 bridgehead atoms. The summed E-state index contributed by atoms with van der Waals surface area (Å²) in [5, 5.41) is 9.54. The number of aliphatic carboxylic acids is 1. The molecule has 0 radical (unpaired) electrons. The first-order valence-electron chi connectivity index (χ1n) is 7.18. The Bertz CT molecular complexity index is 459. The molecule has 1 aromatic carbocycles. The Kier molecular flexibility index (Phi) is 4.78. The Morgan fingerprint density at radius 2 is 1.70 bits per heavy atom. The van der Waals surface area contributed by atoms with Crippen molar-refractivity contribution in [2.75, 3.05) is 33.2 Å². The molecular weight excluding hydrogens is 252 g/mol. The molecule has 4 heteroatoms. The van der Waals surface area contributed by atoms with Crippen LogP contribution >= 0.6 is 0 Å². The van der Waals surface area contributed by atoms with Crippen molar-refractivity contribution in [1.29, 1.82) is 0 Å². The second-order valence-electron chi connectivity index (χ2n) is 5.89. The third kappa shape index (κ3) is 3.81. The number of rotatable bonds is 4. The summed E-state index contributed by atoms with van der Waals surface area (Å²) in [6, 6.07) is 5.90. The molecule has 20 heavy (non-hydrogen) atoms. The van der Waals surface area contributed by atoms with E-state index in [9.17, 15) is 9.90 Å². The van der Waals surface area contributed by atoms with Crippen LogP contribution in [0.15, 0.2) is 18.2 Å². The van der Waals surface area contributed by atoms with Crippen LogP contribution in [0.4, 0.5) is 0 Å². The fourth-order valence-electron chi connectivity index (χ4n) is 2.92. The second kappa shape index (κ2) is 6.37. The fraction of sp³-hybridized carbons (Fsp3) is 0.562. The third-order valence-electron chi connectivity index (χ3n) is 3.97. The number of nitrogens with zero attached hydrogens (tertiary/aromatic N) is 2. The lowest BCUT2D eigenvalue weighted by Crippen LogP contribution is -2.52. The third-order valence-corrected chi connectivity index (χ3v) is 3.97. The molecule has 0 amide bonds. The minimum Gasteiger partial charge on any atom is -0.480 e. The highest BCUT2D eigenvalue weighted by Gasteiger charge is 2.28. The predicted molar refractivity (Wildman–Crippen MR) is 80.1 cm³/mol. The lowest BCUT2D eigenvalue weighted by Gasteiger charge is -2.36. The highest BCUT2D eigenvalue weighted by atomic mass is 16.4. The van der Waals surface area contributed by atoms with Crippen LogP contribution in [-0.2, 0) is 11.2 Å². The molecule has 0 saturated carbocycles. The van der Waals surface area contributed by atoms with Crippen LogP contribution in [0.5, 0.6) is 0 Å². The average molecular weight is 276 g/mol. The molecule has 4 nitrogen and oxygen atoms in total. The summed E-state index contributed by atoms with van der Waals surface area (Å²) in [6.45, 7) is 7.66. The predicted octanol–water partition coefficient (Wildman–Crippen LogP) is 1.55. The van der Waals surface area contributed by atoms with Gasteiger partial charge in [0.1, 0.15) is 6.04 Å². The Hall–Kier alpha value is -1.39. The van der Waals surface area contributed by atoms with Crippen LogP contribution in [0.25, 0.3) is 0 Å². The molecule has 1 aromatic rings. The Labute approximate surface area is 121 Å². The summed E-state index contributed by atoms with van der Waals surface area (Å²) < 4.78 is 0. The monoisotopic (exact) mass is 276 g/mol. The van der Waals surface area contributed by atoms with E-state index in [1.54, 1.807) is 0 Å². The highest BCUT2D eigenvalue weighted by Crippen LogP contribution is 2.15. The van der Waals surface area contributed by atoms with Gasteiger partial charge in [-0.3, -0.25) is 9.69 Å². The van der Waals surface area contributed by atoms with E-state index in [1.165, 1.54) is 11.1 Å². The van der Waals surface area contributed by atoms with E-state index in [1.807, 2.05) is 0 Å². The molecule has 0 spiro atoms. The van der Waals surface area contributed by atoms with Gasteiger partial charge in [-0.2, -0.15) is 0 Å². The van der Waals surface area contributed by atoms with Gasteiger partial charge in [0.2, 0.25) is 0 Å². The molecule has 1 N–H and O–H groups in total. The second-order valence-corrected chi connectivity index (χ2v) is 5.89. The lowest BCUT2D eigenvalue weighted by atomic mass is 10.00. The minimum atomic E-state index is -0.714. The molecule has 0 unspecified atom stereocenters. The average Bonchev–Trinajstić information content (AvgIpc) is 2.36. The summed E-state index contributed by atoms with van der Waals surface area (Å²) in [6.07, 6.45) is 0.585. The van der Waals surface area contributed by atoms with E-state index in [0.29, 0.717) is 6.42 Å². The topological polar surface area (TPSA) is 43.8 Å². The Morgan fingerprint density at radius 3 is 2.20 bits per heavy atom. The van der Waals surface area contributed by atoms with Crippen molar-refractivity contribution in [3.05, 3.63) is 34.9 Å². The maximum absolute atomic E-state index is 11.6. The number of aryl methyl sites for hydroxylation is 2. The normalized spacial score (nSPS) is 18.9. The quantitative estimate of drug-likeness (QED) is 0.906. The van der Waals surface area contributed by atoms with Crippen LogP contribution in [0.3, 0.4) is 0 Å². The van der Waals surface area contributed by atoms with Gasteiger partial charge in [0.15, 0.2) is 0 Å². The number of carbonyl (C=O) groups is 1. The van der Waals surface area contributed by atoms with Crippen LogP contribution in [0.1, 0.15) is 16.7 Å². The SMILES string of the molecule is Cc1cc(C)cc(C[C@H](C(=O)O)N2CCN(C)CC2)c1. The number of carboxylic acids is 1. The van der Waals surface area contributed by atoms with Crippen molar-refractivity contribution in [2.24, 2.45) is 0 Å². The molecule has 1 atom stereocenters. The van der Waals surface area contributed by atoms with E-state index < -0.39 is 12.0 Å². The zero-order chi connectivity index (χ0) is 14.7. The first-order valence-corrected chi connectivity index (χ1v) is 7.18. The van der Waals surface area contributed by atoms with E-state index in [2.05, 4.69) is 48.9 Å². The van der Waals surface area contributed by atoms with Crippen molar-refractivity contribution in [2.45, 2.75) is 26.3 Å². The molecule has 0 aromatic heterocycles. The number of hydrogen-bond acceptors (Lipinski definition) is 3. The number of carboxylic acid groups (broad SMARTS) is 1. The van der Waals surface area contributed by atoms with Crippen molar-refractivity contribution in [3.8, 4) is 0 Å². The number of hydrogen-bond donors (Lipinski definition) is 1. The highest BCUT2D eigenvalue weighted by molar-refractivity contribution is 5.74. The number of benzene rings is 1. The van der Waals surface area contributed by atoms with Gasteiger partial charge in [0.05, 0.1) is 0 Å². The summed E-state index contributed by atoms with van der Waals surface area (Å²) in [7, 11) is 2.08. The van der Waals surface area contributed by atoms with Crippen LogP contribution in [0, 0.1) is 13.8 Å². The van der Waals surface area contributed by atoms with Gasteiger partial charge in [-0.15, -0.1) is 0 Å². The molecule has 1 aliphatic rings. The summed E-state index contributed by atoms with van der Waals surface area (Å²) in [5.41, 5.74) is 3.51. The maximum atomic E-state index is 11.6. The standard InChI is InChI=1S/C16H24N2O2/c1-12-8-13(2)10-14(9-12)11-15(16(19)20)18-6-4-17(3)5-7-18/h8-10,15H,4-7,11H2,1-3H3,(H,19,20)/t15-/m1/s1. The first-order chi connectivity index (χ1) is 9.45. The summed E-state index contributed by atoms with van der Waals surface area (Å²) in [5.74, 6) is -0.714. The lowest BCUT2D eigenvalue weighted by molar-refractivity contribution is -0.144. The number of likely N-dealkylation sites (N-methyl/N-ethyl adjacent to an activating group) is 1. The van der Waals surface area contributed by atoms with Crippen LogP contribution in [-0.4, -0.2) is 60.1 Å². The van der Waals surface area contributed by atoms with E-state index in [4.69, 9.17) is 0 Å². The van der Waals surface area contributed by atoms with Gasteiger partial charge in [0, 0.05) is 26.2 Å². The summed E-state index contributed by atoms with van der Waals surface area (Å²) >= 11 is 0. The van der Waals surface area contributed by atoms with Crippen LogP contribution < -0.4 is 0 Å². The molecular formula is C16H24N2O2. The maximum Gasteiger partial charge on any atom is 0.321 e. The van der Waals surface area contributed by atoms with E-state index >= 15 is 0 Å². The first kappa shape index (κ1) is 15.0. The molecule has 1 fully saturated rings. The van der Waals surface area contributed by atoms with Gasteiger partial charge in [-0.25, -0.2) is 0 Å². The van der Waals surface area contributed by atoms with Gasteiger partial charge in [-0.1, -0.05) is 29.3 Å². The molecule has 110 valence electrons. The fourth-order valence-corrected chi connectivity index (χ4v) is 2.92. The van der Waals surface area contributed by atoms with Gasteiger partial charge < -0.3 is 10.0 Å². The molecule has 0 aliphatic carbocycles.